The summed E-state index contributed by atoms with van der Waals surface area (Å²) in [5.74, 6) is 2.39. The summed E-state index contributed by atoms with van der Waals surface area (Å²) >= 11 is 2.10. The summed E-state index contributed by atoms with van der Waals surface area (Å²) in [6.45, 7) is 3.19. The van der Waals surface area contributed by atoms with Crippen LogP contribution in [0.25, 0.3) is 0 Å². The van der Waals surface area contributed by atoms with Crippen molar-refractivity contribution in [1.82, 2.24) is 5.32 Å². The van der Waals surface area contributed by atoms with Crippen LogP contribution >= 0.6 is 11.8 Å². The van der Waals surface area contributed by atoms with Crippen LogP contribution in [0.3, 0.4) is 0 Å². The summed E-state index contributed by atoms with van der Waals surface area (Å²) in [7, 11) is 0. The number of nitrogens with one attached hydrogen (secondary N) is 1. The molecule has 3 heteroatoms. The van der Waals surface area contributed by atoms with E-state index in [9.17, 15) is 0 Å². The number of benzene rings is 1. The summed E-state index contributed by atoms with van der Waals surface area (Å²) in [6.07, 6.45) is 3.75. The summed E-state index contributed by atoms with van der Waals surface area (Å²) in [5, 5.41) is 4.59. The monoisotopic (exact) mass is 263 g/mol. The van der Waals surface area contributed by atoms with Crippen LogP contribution in [0.2, 0.25) is 0 Å². The molecule has 2 aliphatic rings. The van der Waals surface area contributed by atoms with Crippen LogP contribution in [0, 0.1) is 0 Å². The normalized spacial score (nSPS) is 31.5. The summed E-state index contributed by atoms with van der Waals surface area (Å²) in [5.41, 5.74) is 1.34. The molecule has 0 bridgehead atoms. The van der Waals surface area contributed by atoms with Crippen LogP contribution < -0.4 is 10.1 Å². The van der Waals surface area contributed by atoms with Crippen LogP contribution in [0.4, 0.5) is 0 Å². The van der Waals surface area contributed by atoms with Crippen molar-refractivity contribution in [2.24, 2.45) is 0 Å². The third-order valence-electron chi connectivity index (χ3n) is 3.98. The van der Waals surface area contributed by atoms with E-state index in [0.717, 1.165) is 24.0 Å². The van der Waals surface area contributed by atoms with Crippen molar-refractivity contribution in [2.45, 2.75) is 43.5 Å². The molecule has 18 heavy (non-hydrogen) atoms. The predicted molar refractivity (Wildman–Crippen MR) is 77.4 cm³/mol. The van der Waals surface area contributed by atoms with Crippen molar-refractivity contribution in [3.05, 3.63) is 29.8 Å². The molecule has 3 unspecified atom stereocenters. The molecule has 3 atom stereocenters. The molecule has 0 radical (unpaired) electrons. The molecule has 1 fully saturated rings. The average Bonchev–Trinajstić information content (AvgIpc) is 2.42. The van der Waals surface area contributed by atoms with Gasteiger partial charge in [0.15, 0.2) is 0 Å². The molecule has 98 valence electrons. The Bertz CT molecular complexity index is 409. The molecule has 1 aromatic carbocycles. The summed E-state index contributed by atoms with van der Waals surface area (Å²) in [6, 6.07) is 9.58. The number of fused-ring (bicyclic) bond motifs is 1. The van der Waals surface area contributed by atoms with Crippen molar-refractivity contribution in [3.8, 4) is 5.75 Å². The molecular formula is C15H21NOS. The Kier molecular flexibility index (Phi) is 3.80. The number of rotatable bonds is 2. The average molecular weight is 263 g/mol. The molecule has 0 amide bonds. The van der Waals surface area contributed by atoms with Gasteiger partial charge in [0.1, 0.15) is 5.75 Å². The van der Waals surface area contributed by atoms with Crippen molar-refractivity contribution in [3.63, 3.8) is 0 Å². The zero-order valence-electron chi connectivity index (χ0n) is 10.9. The first-order valence-electron chi connectivity index (χ1n) is 6.94. The second-order valence-corrected chi connectivity index (χ2v) is 6.70. The third-order valence-corrected chi connectivity index (χ3v) is 5.36. The van der Waals surface area contributed by atoms with E-state index < -0.39 is 0 Å². The van der Waals surface area contributed by atoms with E-state index in [2.05, 4.69) is 48.3 Å². The van der Waals surface area contributed by atoms with E-state index in [-0.39, 0.29) is 0 Å². The van der Waals surface area contributed by atoms with Crippen molar-refractivity contribution < 1.29 is 4.74 Å². The van der Waals surface area contributed by atoms with Gasteiger partial charge in [0, 0.05) is 29.3 Å². The van der Waals surface area contributed by atoms with Gasteiger partial charge in [-0.15, -0.1) is 0 Å². The maximum Gasteiger partial charge on any atom is 0.124 e. The van der Waals surface area contributed by atoms with E-state index in [1.54, 1.807) is 0 Å². The van der Waals surface area contributed by atoms with Crippen molar-refractivity contribution in [2.75, 3.05) is 12.4 Å². The lowest BCUT2D eigenvalue weighted by Gasteiger charge is -2.35. The molecule has 3 rings (SSSR count). The van der Waals surface area contributed by atoms with Crippen LogP contribution in [-0.2, 0) is 0 Å². The highest BCUT2D eigenvalue weighted by atomic mass is 32.2. The van der Waals surface area contributed by atoms with Gasteiger partial charge in [-0.2, -0.15) is 11.8 Å². The molecule has 2 nitrogen and oxygen atoms in total. The smallest absolute Gasteiger partial charge is 0.124 e. The van der Waals surface area contributed by atoms with Gasteiger partial charge < -0.3 is 10.1 Å². The van der Waals surface area contributed by atoms with Gasteiger partial charge >= 0.3 is 0 Å². The van der Waals surface area contributed by atoms with Gasteiger partial charge in [0.2, 0.25) is 0 Å². The van der Waals surface area contributed by atoms with Crippen LogP contribution in [0.15, 0.2) is 24.3 Å². The Balaban J connectivity index is 1.73. The molecular weight excluding hydrogens is 242 g/mol. The first-order valence-corrected chi connectivity index (χ1v) is 7.99. The topological polar surface area (TPSA) is 21.3 Å². The first-order chi connectivity index (χ1) is 8.84. The highest BCUT2D eigenvalue weighted by Crippen LogP contribution is 2.34. The molecule has 2 heterocycles. The summed E-state index contributed by atoms with van der Waals surface area (Å²) in [4.78, 5) is 0. The highest BCUT2D eigenvalue weighted by molar-refractivity contribution is 7.99. The Morgan fingerprint density at radius 3 is 3.06 bits per heavy atom. The minimum Gasteiger partial charge on any atom is -0.493 e. The maximum absolute atomic E-state index is 5.72. The second-order valence-electron chi connectivity index (χ2n) is 5.22. The van der Waals surface area contributed by atoms with Crippen LogP contribution in [0.5, 0.6) is 5.75 Å². The zero-order valence-corrected chi connectivity index (χ0v) is 11.7. The molecule has 1 N–H and O–H groups in total. The minimum absolute atomic E-state index is 0.473. The lowest BCUT2D eigenvalue weighted by Crippen LogP contribution is -2.42. The number of hydrogen-bond donors (Lipinski definition) is 1. The van der Waals surface area contributed by atoms with Gasteiger partial charge in [-0.25, -0.2) is 0 Å². The van der Waals surface area contributed by atoms with Gasteiger partial charge in [-0.3, -0.25) is 0 Å². The molecule has 1 aromatic rings. The fraction of sp³-hybridized carbons (Fsp3) is 0.600. The molecule has 0 aromatic heterocycles. The summed E-state index contributed by atoms with van der Waals surface area (Å²) < 4.78 is 5.72. The zero-order chi connectivity index (χ0) is 12.4. The largest absolute Gasteiger partial charge is 0.493 e. The quantitative estimate of drug-likeness (QED) is 0.884. The van der Waals surface area contributed by atoms with E-state index in [1.807, 2.05) is 0 Å². The predicted octanol–water partition coefficient (Wildman–Crippen LogP) is 3.38. The van der Waals surface area contributed by atoms with E-state index in [4.69, 9.17) is 4.74 Å². The second kappa shape index (κ2) is 5.54. The van der Waals surface area contributed by atoms with Gasteiger partial charge in [0.25, 0.3) is 0 Å². The standard InChI is InChI=1S/C15H21NOS/c1-11-13(6-4-10-18-11)16-14-8-9-17-15-7-3-2-5-12(14)15/h2-3,5,7,11,13-14,16H,4,6,8-10H2,1H3. The van der Waals surface area contributed by atoms with Crippen molar-refractivity contribution in [1.29, 1.82) is 0 Å². The highest BCUT2D eigenvalue weighted by Gasteiger charge is 2.27. The fourth-order valence-electron chi connectivity index (χ4n) is 2.92. The number of para-hydroxylation sites is 1. The molecule has 2 aliphatic heterocycles. The lowest BCUT2D eigenvalue weighted by molar-refractivity contribution is 0.240. The lowest BCUT2D eigenvalue weighted by atomic mass is 9.98. The molecule has 0 saturated carbocycles. The third kappa shape index (κ3) is 2.52. The van der Waals surface area contributed by atoms with Crippen LogP contribution in [-0.4, -0.2) is 23.7 Å². The Hall–Kier alpha value is -0.670. The van der Waals surface area contributed by atoms with Crippen molar-refractivity contribution >= 4 is 11.8 Å². The van der Waals surface area contributed by atoms with Gasteiger partial charge in [-0.05, 0) is 24.7 Å². The van der Waals surface area contributed by atoms with E-state index in [1.165, 1.54) is 24.2 Å². The van der Waals surface area contributed by atoms with Gasteiger partial charge in [0.05, 0.1) is 6.61 Å². The van der Waals surface area contributed by atoms with Gasteiger partial charge in [-0.1, -0.05) is 25.1 Å². The fourth-order valence-corrected chi connectivity index (χ4v) is 4.07. The number of hydrogen-bond acceptors (Lipinski definition) is 3. The SMILES string of the molecule is CC1SCCCC1NC1CCOc2ccccc21. The maximum atomic E-state index is 5.72. The molecule has 1 saturated heterocycles. The van der Waals surface area contributed by atoms with E-state index >= 15 is 0 Å². The Morgan fingerprint density at radius 2 is 2.17 bits per heavy atom. The van der Waals surface area contributed by atoms with Crippen LogP contribution in [0.1, 0.15) is 37.8 Å². The molecule has 0 aliphatic carbocycles. The molecule has 0 spiro atoms. The minimum atomic E-state index is 0.473. The number of ether oxygens (including phenoxy) is 1. The Morgan fingerprint density at radius 1 is 1.28 bits per heavy atom. The Labute approximate surface area is 113 Å². The van der Waals surface area contributed by atoms with E-state index in [0.29, 0.717) is 12.1 Å². The first kappa shape index (κ1) is 12.4. The number of thioether (sulfide) groups is 1.